The Morgan fingerprint density at radius 2 is 2.29 bits per heavy atom. The van der Waals surface area contributed by atoms with Crippen molar-refractivity contribution in [3.05, 3.63) is 16.8 Å². The average molecular weight is 298 g/mol. The number of nitrogen functional groups attached to an aromatic ring is 1. The molecule has 0 aromatic carbocycles. The largest absolute Gasteiger partial charge is 0.394 e. The predicted octanol–water partition coefficient (Wildman–Crippen LogP) is -2.87. The van der Waals surface area contributed by atoms with Gasteiger partial charge in [-0.1, -0.05) is 0 Å². The van der Waals surface area contributed by atoms with E-state index in [0.29, 0.717) is 0 Å². The predicted molar refractivity (Wildman–Crippen MR) is 67.3 cm³/mol. The number of aliphatic hydroxyl groups is 2. The van der Waals surface area contributed by atoms with Crippen molar-refractivity contribution in [3.63, 3.8) is 0 Å². The van der Waals surface area contributed by atoms with Crippen LogP contribution in [0.25, 0.3) is 5.78 Å². The molecule has 2 aromatic heterocycles. The normalized spacial score (nSPS) is 29.3. The molecule has 114 valence electrons. The molecule has 1 aliphatic heterocycles. The smallest absolute Gasteiger partial charge is 0.374 e. The molecular formula is C10H14N6O5. The van der Waals surface area contributed by atoms with Crippen LogP contribution in [0.1, 0.15) is 6.23 Å². The maximum absolute atomic E-state index is 11.7. The molecule has 4 atom stereocenters. The number of rotatable bonds is 3. The quantitative estimate of drug-likeness (QED) is 0.543. The van der Waals surface area contributed by atoms with Gasteiger partial charge in [0.25, 0.3) is 0 Å². The van der Waals surface area contributed by atoms with Gasteiger partial charge in [-0.05, 0) is 0 Å². The van der Waals surface area contributed by atoms with Gasteiger partial charge in [-0.25, -0.2) is 4.79 Å². The fraction of sp³-hybridized carbons (Fsp3) is 0.600. The molecule has 0 bridgehead atoms. The average Bonchev–Trinajstić information content (AvgIpc) is 2.99. The molecule has 1 saturated heterocycles. The Balaban J connectivity index is 2.10. The van der Waals surface area contributed by atoms with Gasteiger partial charge in [0.05, 0.1) is 6.61 Å². The van der Waals surface area contributed by atoms with Crippen LogP contribution in [-0.2, 0) is 9.47 Å². The molecular weight excluding hydrogens is 284 g/mol. The lowest BCUT2D eigenvalue weighted by molar-refractivity contribution is -0.0584. The minimum atomic E-state index is -1.03. The molecule has 0 aliphatic carbocycles. The highest BCUT2D eigenvalue weighted by molar-refractivity contribution is 5.32. The van der Waals surface area contributed by atoms with E-state index in [2.05, 4.69) is 15.1 Å². The molecule has 11 heteroatoms. The van der Waals surface area contributed by atoms with E-state index in [1.807, 2.05) is 0 Å². The Labute approximate surface area is 117 Å². The number of hydrogen-bond acceptors (Lipinski definition) is 9. The number of aliphatic hydroxyl groups excluding tert-OH is 2. The van der Waals surface area contributed by atoms with Gasteiger partial charge in [0.15, 0.2) is 6.23 Å². The second-order valence-corrected chi connectivity index (χ2v) is 4.55. The van der Waals surface area contributed by atoms with Crippen molar-refractivity contribution in [3.8, 4) is 0 Å². The number of ether oxygens (including phenoxy) is 2. The van der Waals surface area contributed by atoms with Crippen molar-refractivity contribution in [1.29, 1.82) is 0 Å². The lowest BCUT2D eigenvalue weighted by atomic mass is 10.1. The molecule has 1 aliphatic rings. The van der Waals surface area contributed by atoms with Gasteiger partial charge < -0.3 is 25.4 Å². The first-order valence-electron chi connectivity index (χ1n) is 6.13. The highest BCUT2D eigenvalue weighted by Gasteiger charge is 2.45. The summed E-state index contributed by atoms with van der Waals surface area (Å²) in [5.74, 6) is -0.0988. The highest BCUT2D eigenvalue weighted by atomic mass is 16.6. The van der Waals surface area contributed by atoms with E-state index in [1.165, 1.54) is 18.0 Å². The molecule has 21 heavy (non-hydrogen) atoms. The lowest BCUT2D eigenvalue weighted by Gasteiger charge is -2.19. The molecule has 0 spiro atoms. The van der Waals surface area contributed by atoms with E-state index >= 15 is 0 Å². The van der Waals surface area contributed by atoms with Gasteiger partial charge in [0.2, 0.25) is 11.7 Å². The van der Waals surface area contributed by atoms with Crippen molar-refractivity contribution in [1.82, 2.24) is 24.1 Å². The summed E-state index contributed by atoms with van der Waals surface area (Å²) in [6, 6.07) is 0. The molecule has 2 unspecified atom stereocenters. The van der Waals surface area contributed by atoms with E-state index in [4.69, 9.17) is 15.2 Å². The van der Waals surface area contributed by atoms with Gasteiger partial charge in [-0.15, -0.1) is 4.52 Å². The molecule has 3 rings (SSSR count). The zero-order chi connectivity index (χ0) is 15.1. The monoisotopic (exact) mass is 298 g/mol. The van der Waals surface area contributed by atoms with E-state index in [9.17, 15) is 15.0 Å². The molecule has 4 N–H and O–H groups in total. The molecule has 0 amide bonds. The van der Waals surface area contributed by atoms with Gasteiger partial charge >= 0.3 is 5.69 Å². The van der Waals surface area contributed by atoms with Crippen LogP contribution in [0.4, 0.5) is 5.95 Å². The molecule has 3 heterocycles. The second kappa shape index (κ2) is 5.04. The standard InChI is InChI=1S/C10H14N6O5/c1-20-6-5(18)4(2-17)21-7(6)15-3-12-16-9(15)13-8(11)14-10(16)19/h3-7,17-18H,2H2,1H3,(H2,11,14,19)/t4-,5?,6?,7-/m1/s1. The first kappa shape index (κ1) is 13.9. The summed E-state index contributed by atoms with van der Waals surface area (Å²) in [7, 11) is 1.40. The number of hydrogen-bond donors (Lipinski definition) is 3. The summed E-state index contributed by atoms with van der Waals surface area (Å²) >= 11 is 0. The van der Waals surface area contributed by atoms with Crippen LogP contribution in [0.2, 0.25) is 0 Å². The molecule has 11 nitrogen and oxygen atoms in total. The molecule has 2 aromatic rings. The summed E-state index contributed by atoms with van der Waals surface area (Å²) in [5.41, 5.74) is 4.78. The third kappa shape index (κ3) is 2.06. The lowest BCUT2D eigenvalue weighted by Crippen LogP contribution is -2.34. The summed E-state index contributed by atoms with van der Waals surface area (Å²) in [5, 5.41) is 23.1. The highest BCUT2D eigenvalue weighted by Crippen LogP contribution is 2.31. The number of nitrogens with zero attached hydrogens (tertiary/aromatic N) is 5. The van der Waals surface area contributed by atoms with Crippen LogP contribution in [-0.4, -0.2) is 66.4 Å². The van der Waals surface area contributed by atoms with E-state index in [-0.39, 0.29) is 18.3 Å². The van der Waals surface area contributed by atoms with Gasteiger partial charge in [-0.2, -0.15) is 15.1 Å². The molecule has 0 saturated carbocycles. The maximum atomic E-state index is 11.7. The van der Waals surface area contributed by atoms with Gasteiger partial charge in [0, 0.05) is 7.11 Å². The van der Waals surface area contributed by atoms with Crippen LogP contribution in [0.3, 0.4) is 0 Å². The van der Waals surface area contributed by atoms with Gasteiger partial charge in [0.1, 0.15) is 24.6 Å². The van der Waals surface area contributed by atoms with Crippen LogP contribution in [0.5, 0.6) is 0 Å². The fourth-order valence-electron chi connectivity index (χ4n) is 2.36. The van der Waals surface area contributed by atoms with Gasteiger partial charge in [-0.3, -0.25) is 4.57 Å². The number of aromatic nitrogens is 5. The fourth-order valence-corrected chi connectivity index (χ4v) is 2.36. The Morgan fingerprint density at radius 1 is 1.52 bits per heavy atom. The van der Waals surface area contributed by atoms with Crippen LogP contribution >= 0.6 is 0 Å². The second-order valence-electron chi connectivity index (χ2n) is 4.55. The van der Waals surface area contributed by atoms with Crippen molar-refractivity contribution in [2.75, 3.05) is 19.5 Å². The Bertz CT molecular complexity index is 714. The summed E-state index contributed by atoms with van der Waals surface area (Å²) in [4.78, 5) is 19.1. The van der Waals surface area contributed by atoms with Crippen molar-refractivity contribution in [2.45, 2.75) is 24.5 Å². The molecule has 0 radical (unpaired) electrons. The summed E-state index contributed by atoms with van der Waals surface area (Å²) in [6.45, 7) is -0.374. The first-order valence-corrected chi connectivity index (χ1v) is 6.13. The Hall–Kier alpha value is -2.08. The van der Waals surface area contributed by atoms with E-state index in [1.54, 1.807) is 0 Å². The van der Waals surface area contributed by atoms with Crippen LogP contribution in [0.15, 0.2) is 11.1 Å². The Kier molecular flexibility index (Phi) is 3.33. The number of nitrogens with two attached hydrogens (primary N) is 1. The minimum Gasteiger partial charge on any atom is -0.394 e. The number of methoxy groups -OCH3 is 1. The van der Waals surface area contributed by atoms with E-state index in [0.717, 1.165) is 4.52 Å². The minimum absolute atomic E-state index is 0.102. The van der Waals surface area contributed by atoms with Crippen LogP contribution < -0.4 is 11.4 Å². The zero-order valence-corrected chi connectivity index (χ0v) is 11.0. The number of fused-ring (bicyclic) bond motifs is 1. The zero-order valence-electron chi connectivity index (χ0n) is 11.0. The Morgan fingerprint density at radius 3 is 2.95 bits per heavy atom. The van der Waals surface area contributed by atoms with Crippen molar-refractivity contribution < 1.29 is 19.7 Å². The topological polar surface area (TPSA) is 150 Å². The van der Waals surface area contributed by atoms with Crippen molar-refractivity contribution >= 4 is 11.7 Å². The first-order chi connectivity index (χ1) is 10.1. The summed E-state index contributed by atoms with van der Waals surface area (Å²) < 4.78 is 13.1. The van der Waals surface area contributed by atoms with Crippen molar-refractivity contribution in [2.24, 2.45) is 0 Å². The maximum Gasteiger partial charge on any atom is 0.374 e. The number of anilines is 1. The summed E-state index contributed by atoms with van der Waals surface area (Å²) in [6.07, 6.45) is -2.11. The SMILES string of the molecule is COC1C(O)[C@@H](CO)O[C@H]1n1cnn2c(=O)nc(N)nc12. The van der Waals surface area contributed by atoms with E-state index < -0.39 is 30.2 Å². The third-order valence-corrected chi connectivity index (χ3v) is 3.36. The van der Waals surface area contributed by atoms with Crippen LogP contribution in [0, 0.1) is 0 Å². The molecule has 1 fully saturated rings. The third-order valence-electron chi connectivity index (χ3n) is 3.36.